The molecule has 4 nitrogen and oxygen atoms in total. The number of hydrogen-bond acceptors (Lipinski definition) is 3. The number of aryl methyl sites for hydroxylation is 1. The summed E-state index contributed by atoms with van der Waals surface area (Å²) in [6, 6.07) is 8.71. The lowest BCUT2D eigenvalue weighted by atomic mass is 10.0. The molecule has 0 fully saturated rings. The van der Waals surface area contributed by atoms with Gasteiger partial charge in [0, 0.05) is 26.3 Å². The largest absolute Gasteiger partial charge is 0.378 e. The number of nitrogens with one attached hydrogen (secondary N) is 1. The minimum Gasteiger partial charge on any atom is -0.378 e. The molecule has 0 spiro atoms. The van der Waals surface area contributed by atoms with Gasteiger partial charge in [0.15, 0.2) is 0 Å². The first-order chi connectivity index (χ1) is 10.1. The van der Waals surface area contributed by atoms with Gasteiger partial charge in [0.25, 0.3) is 0 Å². The summed E-state index contributed by atoms with van der Waals surface area (Å²) >= 11 is 3.64. The molecule has 114 valence electrons. The molecule has 0 radical (unpaired) electrons. The number of nitrogens with zero attached hydrogens (tertiary/aromatic N) is 3. The predicted molar refractivity (Wildman–Crippen MR) is 91.9 cm³/mol. The summed E-state index contributed by atoms with van der Waals surface area (Å²) in [5.41, 5.74) is 3.61. The first-order valence-electron chi connectivity index (χ1n) is 7.24. The molecular formula is C16H23BrN4. The van der Waals surface area contributed by atoms with Crippen LogP contribution in [0.1, 0.15) is 30.6 Å². The van der Waals surface area contributed by atoms with Gasteiger partial charge in [-0.1, -0.05) is 19.1 Å². The molecule has 1 unspecified atom stereocenters. The Hall–Kier alpha value is -1.33. The fraction of sp³-hybridized carbons (Fsp3) is 0.438. The van der Waals surface area contributed by atoms with Gasteiger partial charge in [-0.3, -0.25) is 4.68 Å². The average Bonchev–Trinajstić information content (AvgIpc) is 2.82. The molecule has 2 rings (SSSR count). The molecule has 0 bridgehead atoms. The van der Waals surface area contributed by atoms with Crippen LogP contribution in [0.5, 0.6) is 0 Å². The zero-order valence-corrected chi connectivity index (χ0v) is 14.7. The Bertz CT molecular complexity index is 592. The molecule has 1 aromatic heterocycles. The summed E-state index contributed by atoms with van der Waals surface area (Å²) in [6.45, 7) is 3.09. The van der Waals surface area contributed by atoms with Crippen LogP contribution in [-0.4, -0.2) is 30.9 Å². The summed E-state index contributed by atoms with van der Waals surface area (Å²) in [4.78, 5) is 2.12. The quantitative estimate of drug-likeness (QED) is 0.866. The molecule has 0 saturated carbocycles. The smallest absolute Gasteiger partial charge is 0.0758 e. The molecule has 0 amide bonds. The van der Waals surface area contributed by atoms with Crippen LogP contribution >= 0.6 is 15.9 Å². The van der Waals surface area contributed by atoms with Crippen molar-refractivity contribution in [2.24, 2.45) is 0 Å². The van der Waals surface area contributed by atoms with Gasteiger partial charge < -0.3 is 10.2 Å². The maximum absolute atomic E-state index is 4.48. The number of benzene rings is 1. The van der Waals surface area contributed by atoms with Crippen LogP contribution in [0.15, 0.2) is 34.9 Å². The van der Waals surface area contributed by atoms with Crippen molar-refractivity contribution >= 4 is 21.6 Å². The molecule has 1 heterocycles. The molecule has 5 heteroatoms. The van der Waals surface area contributed by atoms with Crippen LogP contribution in [0.2, 0.25) is 0 Å². The van der Waals surface area contributed by atoms with Crippen LogP contribution in [-0.2, 0) is 6.54 Å². The number of rotatable bonds is 6. The Morgan fingerprint density at radius 1 is 1.38 bits per heavy atom. The Balaban J connectivity index is 2.44. The van der Waals surface area contributed by atoms with Crippen molar-refractivity contribution in [2.45, 2.75) is 25.9 Å². The van der Waals surface area contributed by atoms with E-state index in [1.807, 2.05) is 13.2 Å². The SMILES string of the molecule is CCCn1ncc(Br)c1C(NC)c1cccc(N(C)C)c1. The standard InChI is InChI=1S/C16H23BrN4/c1-5-9-21-16(14(17)11-19-21)15(18-2)12-7-6-8-13(10-12)20(3)4/h6-8,10-11,15,18H,5,9H2,1-4H3. The van der Waals surface area contributed by atoms with Gasteiger partial charge in [-0.05, 0) is 47.1 Å². The average molecular weight is 351 g/mol. The van der Waals surface area contributed by atoms with Gasteiger partial charge in [0.2, 0.25) is 0 Å². The fourth-order valence-corrected chi connectivity index (χ4v) is 3.02. The molecule has 0 saturated heterocycles. The Morgan fingerprint density at radius 2 is 2.14 bits per heavy atom. The molecule has 21 heavy (non-hydrogen) atoms. The van der Waals surface area contributed by atoms with Gasteiger partial charge in [-0.2, -0.15) is 5.10 Å². The molecule has 0 aliphatic rings. The van der Waals surface area contributed by atoms with Crippen LogP contribution < -0.4 is 10.2 Å². The van der Waals surface area contributed by atoms with E-state index < -0.39 is 0 Å². The highest BCUT2D eigenvalue weighted by Crippen LogP contribution is 2.30. The Kier molecular flexibility index (Phi) is 5.42. The minimum atomic E-state index is 0.119. The molecule has 2 aromatic rings. The highest BCUT2D eigenvalue weighted by Gasteiger charge is 2.20. The van der Waals surface area contributed by atoms with Crippen LogP contribution in [0.3, 0.4) is 0 Å². The molecule has 1 N–H and O–H groups in total. The number of anilines is 1. The second kappa shape index (κ2) is 7.09. The lowest BCUT2D eigenvalue weighted by molar-refractivity contribution is 0.533. The molecule has 0 aliphatic carbocycles. The van der Waals surface area contributed by atoms with E-state index in [1.54, 1.807) is 0 Å². The summed E-state index contributed by atoms with van der Waals surface area (Å²) in [6.07, 6.45) is 2.94. The summed E-state index contributed by atoms with van der Waals surface area (Å²) in [5, 5.41) is 7.89. The second-order valence-electron chi connectivity index (χ2n) is 5.31. The highest BCUT2D eigenvalue weighted by atomic mass is 79.9. The zero-order valence-electron chi connectivity index (χ0n) is 13.1. The number of hydrogen-bond donors (Lipinski definition) is 1. The van der Waals surface area contributed by atoms with E-state index in [0.717, 1.165) is 17.4 Å². The minimum absolute atomic E-state index is 0.119. The maximum Gasteiger partial charge on any atom is 0.0758 e. The molecular weight excluding hydrogens is 328 g/mol. The first-order valence-corrected chi connectivity index (χ1v) is 8.03. The van der Waals surface area contributed by atoms with Crippen molar-refractivity contribution in [1.29, 1.82) is 0 Å². The van der Waals surface area contributed by atoms with Crippen molar-refractivity contribution in [3.8, 4) is 0 Å². The molecule has 1 aromatic carbocycles. The number of halogens is 1. The lowest BCUT2D eigenvalue weighted by Gasteiger charge is -2.21. The Labute approximate surface area is 135 Å². The molecule has 0 aliphatic heterocycles. The summed E-state index contributed by atoms with van der Waals surface area (Å²) < 4.78 is 3.12. The third-order valence-corrected chi connectivity index (χ3v) is 4.16. The van der Waals surface area contributed by atoms with Crippen molar-refractivity contribution < 1.29 is 0 Å². The van der Waals surface area contributed by atoms with Crippen molar-refractivity contribution in [3.63, 3.8) is 0 Å². The lowest BCUT2D eigenvalue weighted by Crippen LogP contribution is -2.22. The van der Waals surface area contributed by atoms with Crippen molar-refractivity contribution in [2.75, 3.05) is 26.0 Å². The van der Waals surface area contributed by atoms with Crippen LogP contribution in [0.25, 0.3) is 0 Å². The van der Waals surface area contributed by atoms with Gasteiger partial charge in [-0.15, -0.1) is 0 Å². The third kappa shape index (κ3) is 3.47. The van der Waals surface area contributed by atoms with Crippen LogP contribution in [0.4, 0.5) is 5.69 Å². The van der Waals surface area contributed by atoms with Gasteiger partial charge >= 0.3 is 0 Å². The monoisotopic (exact) mass is 350 g/mol. The van der Waals surface area contributed by atoms with Crippen molar-refractivity contribution in [3.05, 3.63) is 46.2 Å². The zero-order chi connectivity index (χ0) is 15.4. The summed E-state index contributed by atoms with van der Waals surface area (Å²) in [5.74, 6) is 0. The van der Waals surface area contributed by atoms with E-state index in [-0.39, 0.29) is 6.04 Å². The first kappa shape index (κ1) is 16.0. The maximum atomic E-state index is 4.48. The van der Waals surface area contributed by atoms with E-state index in [4.69, 9.17) is 0 Å². The fourth-order valence-electron chi connectivity index (χ4n) is 2.49. The van der Waals surface area contributed by atoms with Crippen molar-refractivity contribution in [1.82, 2.24) is 15.1 Å². The van der Waals surface area contributed by atoms with E-state index in [0.29, 0.717) is 0 Å². The highest BCUT2D eigenvalue weighted by molar-refractivity contribution is 9.10. The van der Waals surface area contributed by atoms with E-state index >= 15 is 0 Å². The predicted octanol–water partition coefficient (Wildman–Crippen LogP) is 3.43. The third-order valence-electron chi connectivity index (χ3n) is 3.55. The number of aromatic nitrogens is 2. The summed E-state index contributed by atoms with van der Waals surface area (Å²) in [7, 11) is 6.11. The van der Waals surface area contributed by atoms with E-state index in [9.17, 15) is 0 Å². The topological polar surface area (TPSA) is 33.1 Å². The molecule has 1 atom stereocenters. The van der Waals surface area contributed by atoms with Gasteiger partial charge in [-0.25, -0.2) is 0 Å². The van der Waals surface area contributed by atoms with Gasteiger partial charge in [0.1, 0.15) is 0 Å². The van der Waals surface area contributed by atoms with Gasteiger partial charge in [0.05, 0.1) is 22.4 Å². The van der Waals surface area contributed by atoms with Crippen LogP contribution in [0, 0.1) is 0 Å². The second-order valence-corrected chi connectivity index (χ2v) is 6.17. The Morgan fingerprint density at radius 3 is 2.76 bits per heavy atom. The normalized spacial score (nSPS) is 12.4. The van der Waals surface area contributed by atoms with E-state index in [2.05, 4.69) is 81.2 Å². The van der Waals surface area contributed by atoms with E-state index in [1.165, 1.54) is 16.9 Å².